The van der Waals surface area contributed by atoms with Crippen molar-refractivity contribution in [3.63, 3.8) is 0 Å². The first-order valence-corrected chi connectivity index (χ1v) is 7.04. The van der Waals surface area contributed by atoms with Crippen LogP contribution in [0.4, 0.5) is 0 Å². The largest absolute Gasteiger partial charge is 0.479 e. The Labute approximate surface area is 119 Å². The van der Waals surface area contributed by atoms with Crippen LogP contribution in [0, 0.1) is 0 Å². The van der Waals surface area contributed by atoms with Crippen molar-refractivity contribution < 1.29 is 19.4 Å². The van der Waals surface area contributed by atoms with Crippen LogP contribution in [0.5, 0.6) is 0 Å². The van der Waals surface area contributed by atoms with Gasteiger partial charge in [-0.1, -0.05) is 11.6 Å². The maximum Gasteiger partial charge on any atom is 0.332 e. The number of nitrogens with zero attached hydrogens (tertiary/aromatic N) is 1. The predicted molar refractivity (Wildman–Crippen MR) is 71.3 cm³/mol. The number of rotatable bonds is 4. The average molecular weight is 304 g/mol. The Bertz CT molecular complexity index is 490. The third-order valence-electron chi connectivity index (χ3n) is 2.97. The Hall–Kier alpha value is -1.11. The van der Waals surface area contributed by atoms with E-state index in [2.05, 4.69) is 0 Å². The van der Waals surface area contributed by atoms with E-state index in [4.69, 9.17) is 21.4 Å². The molecule has 1 aliphatic heterocycles. The highest BCUT2D eigenvalue weighted by Crippen LogP contribution is 2.25. The minimum absolute atomic E-state index is 0.187. The van der Waals surface area contributed by atoms with Gasteiger partial charge in [0.2, 0.25) is 0 Å². The molecule has 1 amide bonds. The summed E-state index contributed by atoms with van der Waals surface area (Å²) >= 11 is 7.25. The van der Waals surface area contributed by atoms with Gasteiger partial charge in [0.05, 0.1) is 10.9 Å². The minimum Gasteiger partial charge on any atom is -0.479 e. The van der Waals surface area contributed by atoms with Gasteiger partial charge in [0.1, 0.15) is 6.10 Å². The smallest absolute Gasteiger partial charge is 0.332 e. The van der Waals surface area contributed by atoms with Crippen molar-refractivity contribution in [1.82, 2.24) is 4.90 Å². The van der Waals surface area contributed by atoms with E-state index >= 15 is 0 Å². The van der Waals surface area contributed by atoms with E-state index in [-0.39, 0.29) is 5.91 Å². The molecule has 0 spiro atoms. The number of aliphatic carboxylic acids is 1. The Morgan fingerprint density at radius 2 is 2.16 bits per heavy atom. The van der Waals surface area contributed by atoms with Gasteiger partial charge in [-0.05, 0) is 25.0 Å². The van der Waals surface area contributed by atoms with Crippen molar-refractivity contribution in [2.24, 2.45) is 0 Å². The van der Waals surface area contributed by atoms with Crippen molar-refractivity contribution in [3.8, 4) is 0 Å². The summed E-state index contributed by atoms with van der Waals surface area (Å²) < 4.78 is 5.91. The molecule has 2 unspecified atom stereocenters. The molecule has 2 atom stereocenters. The summed E-state index contributed by atoms with van der Waals surface area (Å²) in [7, 11) is 1.67. The second-order valence-corrected chi connectivity index (χ2v) is 6.23. The molecule has 19 heavy (non-hydrogen) atoms. The summed E-state index contributed by atoms with van der Waals surface area (Å²) in [6.45, 7) is 0.452. The first-order valence-electron chi connectivity index (χ1n) is 5.85. The van der Waals surface area contributed by atoms with Gasteiger partial charge in [-0.2, -0.15) is 0 Å². The molecule has 0 aromatic carbocycles. The molecule has 1 aromatic heterocycles. The van der Waals surface area contributed by atoms with Gasteiger partial charge in [-0.15, -0.1) is 11.3 Å². The van der Waals surface area contributed by atoms with Crippen molar-refractivity contribution in [2.75, 3.05) is 7.05 Å². The molecule has 104 valence electrons. The number of thiophene rings is 1. The molecule has 1 aromatic rings. The second kappa shape index (κ2) is 5.90. The van der Waals surface area contributed by atoms with Crippen LogP contribution in [0.25, 0.3) is 0 Å². The highest BCUT2D eigenvalue weighted by Gasteiger charge is 2.36. The average Bonchev–Trinajstić information content (AvgIpc) is 2.97. The fourth-order valence-electron chi connectivity index (χ4n) is 1.99. The standard InChI is InChI=1S/C12H14ClNO4S/c1-14(6-7-2-5-10(13)19-7)11(15)8-3-4-9(18-8)12(16)17/h2,5,8-9H,3-4,6H2,1H3,(H,16,17). The molecular weight excluding hydrogens is 290 g/mol. The number of ether oxygens (including phenoxy) is 1. The van der Waals surface area contributed by atoms with E-state index in [1.165, 1.54) is 16.2 Å². The molecule has 0 radical (unpaired) electrons. The SMILES string of the molecule is CN(Cc1ccc(Cl)s1)C(=O)C1CCC(C(=O)O)O1. The van der Waals surface area contributed by atoms with Gasteiger partial charge < -0.3 is 14.7 Å². The van der Waals surface area contributed by atoms with Gasteiger partial charge in [-0.25, -0.2) is 4.79 Å². The summed E-state index contributed by atoms with van der Waals surface area (Å²) in [5.41, 5.74) is 0. The fourth-order valence-corrected chi connectivity index (χ4v) is 3.14. The van der Waals surface area contributed by atoms with Crippen LogP contribution in [-0.4, -0.2) is 41.1 Å². The van der Waals surface area contributed by atoms with Crippen LogP contribution in [-0.2, 0) is 20.9 Å². The Kier molecular flexibility index (Phi) is 4.44. The summed E-state index contributed by atoms with van der Waals surface area (Å²) in [5.74, 6) is -1.20. The van der Waals surface area contributed by atoms with Crippen LogP contribution in [0.3, 0.4) is 0 Å². The number of hydrogen-bond acceptors (Lipinski definition) is 4. The third-order valence-corrected chi connectivity index (χ3v) is 4.18. The first kappa shape index (κ1) is 14.3. The molecule has 0 bridgehead atoms. The lowest BCUT2D eigenvalue weighted by molar-refractivity contribution is -0.154. The van der Waals surface area contributed by atoms with Gasteiger partial charge in [-0.3, -0.25) is 4.79 Å². The molecule has 1 fully saturated rings. The van der Waals surface area contributed by atoms with Crippen molar-refractivity contribution in [3.05, 3.63) is 21.3 Å². The van der Waals surface area contributed by atoms with E-state index in [1.54, 1.807) is 13.1 Å². The quantitative estimate of drug-likeness (QED) is 0.924. The molecule has 1 saturated heterocycles. The first-order chi connectivity index (χ1) is 8.97. The molecule has 2 rings (SSSR count). The molecule has 5 nitrogen and oxygen atoms in total. The number of hydrogen-bond donors (Lipinski definition) is 1. The van der Waals surface area contributed by atoms with Gasteiger partial charge in [0.15, 0.2) is 6.10 Å². The van der Waals surface area contributed by atoms with Crippen LogP contribution in [0.15, 0.2) is 12.1 Å². The number of likely N-dealkylation sites (N-methyl/N-ethyl adjacent to an activating group) is 1. The lowest BCUT2D eigenvalue weighted by Gasteiger charge is -2.20. The number of carboxylic acid groups (broad SMARTS) is 1. The summed E-state index contributed by atoms with van der Waals surface area (Å²) in [6.07, 6.45) is -0.685. The van der Waals surface area contributed by atoms with Crippen molar-refractivity contribution >= 4 is 34.8 Å². The molecule has 0 saturated carbocycles. The fraction of sp³-hybridized carbons (Fsp3) is 0.500. The third kappa shape index (κ3) is 3.46. The minimum atomic E-state index is -1.01. The highest BCUT2D eigenvalue weighted by atomic mass is 35.5. The monoisotopic (exact) mass is 303 g/mol. The van der Waals surface area contributed by atoms with Crippen molar-refractivity contribution in [2.45, 2.75) is 31.6 Å². The van der Waals surface area contributed by atoms with E-state index in [0.29, 0.717) is 23.7 Å². The zero-order valence-corrected chi connectivity index (χ0v) is 11.9. The topological polar surface area (TPSA) is 66.8 Å². The summed E-state index contributed by atoms with van der Waals surface area (Å²) in [5, 5.41) is 8.83. The molecular formula is C12H14ClNO4S. The number of carbonyl (C=O) groups is 2. The lowest BCUT2D eigenvalue weighted by atomic mass is 10.2. The van der Waals surface area contributed by atoms with Gasteiger partial charge in [0, 0.05) is 11.9 Å². The van der Waals surface area contributed by atoms with Crippen LogP contribution < -0.4 is 0 Å². The molecule has 1 aliphatic rings. The highest BCUT2D eigenvalue weighted by molar-refractivity contribution is 7.16. The maximum atomic E-state index is 12.1. The Morgan fingerprint density at radius 1 is 1.47 bits per heavy atom. The van der Waals surface area contributed by atoms with Crippen LogP contribution in [0.2, 0.25) is 4.34 Å². The second-order valence-electron chi connectivity index (χ2n) is 4.43. The van der Waals surface area contributed by atoms with Crippen LogP contribution in [0.1, 0.15) is 17.7 Å². The normalized spacial score (nSPS) is 22.4. The van der Waals surface area contributed by atoms with Gasteiger partial charge in [0.25, 0.3) is 5.91 Å². The van der Waals surface area contributed by atoms with E-state index in [1.807, 2.05) is 6.07 Å². The number of carbonyl (C=O) groups excluding carboxylic acids is 1. The molecule has 2 heterocycles. The number of amides is 1. The number of carboxylic acids is 1. The van der Waals surface area contributed by atoms with E-state index < -0.39 is 18.2 Å². The zero-order valence-electron chi connectivity index (χ0n) is 10.3. The molecule has 0 aliphatic carbocycles. The summed E-state index contributed by atoms with van der Waals surface area (Å²) in [4.78, 5) is 25.4. The van der Waals surface area contributed by atoms with Crippen molar-refractivity contribution in [1.29, 1.82) is 0 Å². The maximum absolute atomic E-state index is 12.1. The van der Waals surface area contributed by atoms with E-state index in [9.17, 15) is 9.59 Å². The Balaban J connectivity index is 1.91. The zero-order chi connectivity index (χ0) is 14.0. The van der Waals surface area contributed by atoms with E-state index in [0.717, 1.165) is 4.88 Å². The number of halogens is 1. The lowest BCUT2D eigenvalue weighted by Crippen LogP contribution is -2.36. The Morgan fingerprint density at radius 3 is 2.68 bits per heavy atom. The molecule has 1 N–H and O–H groups in total. The predicted octanol–water partition coefficient (Wildman–Crippen LogP) is 1.99. The molecule has 7 heteroatoms. The summed E-state index contributed by atoms with van der Waals surface area (Å²) in [6, 6.07) is 3.65. The van der Waals surface area contributed by atoms with Crippen LogP contribution >= 0.6 is 22.9 Å². The van der Waals surface area contributed by atoms with Gasteiger partial charge >= 0.3 is 5.97 Å².